The zero-order valence-corrected chi connectivity index (χ0v) is 13.0. The molecule has 0 saturated heterocycles. The molecule has 2 N–H and O–H groups in total. The van der Waals surface area contributed by atoms with Crippen molar-refractivity contribution in [3.63, 3.8) is 0 Å². The van der Waals surface area contributed by atoms with E-state index in [-0.39, 0.29) is 5.91 Å². The lowest BCUT2D eigenvalue weighted by molar-refractivity contribution is 0.0714. The van der Waals surface area contributed by atoms with Crippen LogP contribution in [0.4, 0.5) is 10.1 Å². The predicted molar refractivity (Wildman–Crippen MR) is 81.1 cm³/mol. The molecular formula is C16H25FN2O. The van der Waals surface area contributed by atoms with Gasteiger partial charge in [0.05, 0.1) is 0 Å². The number of amides is 1. The lowest BCUT2D eigenvalue weighted by atomic mass is 10.1. The predicted octanol–water partition coefficient (Wildman–Crippen LogP) is 3.47. The molecule has 0 radical (unpaired) electrons. The van der Waals surface area contributed by atoms with Gasteiger partial charge in [-0.1, -0.05) is 27.7 Å². The molecule has 0 atom stereocenters. The molecule has 1 aromatic rings. The highest BCUT2D eigenvalue weighted by atomic mass is 19.1. The van der Waals surface area contributed by atoms with Crippen LogP contribution in [-0.4, -0.2) is 23.9 Å². The van der Waals surface area contributed by atoms with Gasteiger partial charge in [-0.15, -0.1) is 0 Å². The average Bonchev–Trinajstić information content (AvgIpc) is 2.32. The van der Waals surface area contributed by atoms with E-state index in [0.29, 0.717) is 41.7 Å². The van der Waals surface area contributed by atoms with Crippen LogP contribution < -0.4 is 5.73 Å². The Kier molecular flexibility index (Phi) is 5.54. The second kappa shape index (κ2) is 6.73. The summed E-state index contributed by atoms with van der Waals surface area (Å²) >= 11 is 0. The largest absolute Gasteiger partial charge is 0.398 e. The van der Waals surface area contributed by atoms with Crippen molar-refractivity contribution in [3.8, 4) is 0 Å². The molecular weight excluding hydrogens is 255 g/mol. The SMILES string of the molecule is Cc1c(N)cc(C(=O)N(CC(C)C)CC(C)C)cc1F. The van der Waals surface area contributed by atoms with Gasteiger partial charge in [-0.05, 0) is 30.9 Å². The number of rotatable bonds is 5. The van der Waals surface area contributed by atoms with Crippen LogP contribution in [0.3, 0.4) is 0 Å². The van der Waals surface area contributed by atoms with E-state index in [4.69, 9.17) is 5.73 Å². The van der Waals surface area contributed by atoms with Gasteiger partial charge in [0.2, 0.25) is 0 Å². The molecule has 0 aromatic heterocycles. The van der Waals surface area contributed by atoms with Crippen LogP contribution >= 0.6 is 0 Å². The molecule has 0 heterocycles. The fourth-order valence-electron chi connectivity index (χ4n) is 2.13. The zero-order chi connectivity index (χ0) is 15.4. The first kappa shape index (κ1) is 16.5. The maximum absolute atomic E-state index is 13.7. The van der Waals surface area contributed by atoms with Gasteiger partial charge in [-0.3, -0.25) is 4.79 Å². The van der Waals surface area contributed by atoms with Gasteiger partial charge in [0.1, 0.15) is 5.82 Å². The Morgan fingerprint density at radius 2 is 1.70 bits per heavy atom. The second-order valence-electron chi connectivity index (χ2n) is 6.17. The van der Waals surface area contributed by atoms with Gasteiger partial charge in [-0.25, -0.2) is 4.39 Å². The van der Waals surface area contributed by atoms with Crippen LogP contribution in [0.1, 0.15) is 43.6 Å². The summed E-state index contributed by atoms with van der Waals surface area (Å²) in [4.78, 5) is 14.3. The van der Waals surface area contributed by atoms with Crippen molar-refractivity contribution in [1.82, 2.24) is 4.90 Å². The third kappa shape index (κ3) is 4.22. The monoisotopic (exact) mass is 280 g/mol. The summed E-state index contributed by atoms with van der Waals surface area (Å²) in [5.41, 5.74) is 6.79. The topological polar surface area (TPSA) is 46.3 Å². The highest BCUT2D eigenvalue weighted by Gasteiger charge is 2.19. The maximum atomic E-state index is 13.7. The number of halogens is 1. The molecule has 0 bridgehead atoms. The van der Waals surface area contributed by atoms with Gasteiger partial charge < -0.3 is 10.6 Å². The van der Waals surface area contributed by atoms with Crippen LogP contribution in [0, 0.1) is 24.6 Å². The standard InChI is InChI=1S/C16H25FN2O/c1-10(2)8-19(9-11(3)4)16(20)13-6-14(17)12(5)15(18)7-13/h6-7,10-11H,8-9,18H2,1-5H3. The molecule has 1 rings (SSSR count). The number of nitrogen functional groups attached to an aromatic ring is 1. The number of nitrogens with zero attached hydrogens (tertiary/aromatic N) is 1. The van der Waals surface area contributed by atoms with Crippen LogP contribution in [-0.2, 0) is 0 Å². The summed E-state index contributed by atoms with van der Waals surface area (Å²) in [6.45, 7) is 11.2. The maximum Gasteiger partial charge on any atom is 0.254 e. The molecule has 0 unspecified atom stereocenters. The van der Waals surface area contributed by atoms with E-state index >= 15 is 0 Å². The average molecular weight is 280 g/mol. The summed E-state index contributed by atoms with van der Waals surface area (Å²) in [6, 6.07) is 2.84. The van der Waals surface area contributed by atoms with Crippen molar-refractivity contribution >= 4 is 11.6 Å². The van der Waals surface area contributed by atoms with Crippen molar-refractivity contribution in [2.75, 3.05) is 18.8 Å². The van der Waals surface area contributed by atoms with Crippen LogP contribution in [0.15, 0.2) is 12.1 Å². The summed E-state index contributed by atoms with van der Waals surface area (Å²) < 4.78 is 13.7. The molecule has 0 fully saturated rings. The summed E-state index contributed by atoms with van der Waals surface area (Å²) in [7, 11) is 0. The fraction of sp³-hybridized carbons (Fsp3) is 0.562. The molecule has 112 valence electrons. The molecule has 1 aromatic carbocycles. The smallest absolute Gasteiger partial charge is 0.254 e. The van der Waals surface area contributed by atoms with Crippen LogP contribution in [0.25, 0.3) is 0 Å². The van der Waals surface area contributed by atoms with Crippen LogP contribution in [0.2, 0.25) is 0 Å². The molecule has 3 nitrogen and oxygen atoms in total. The molecule has 0 aliphatic heterocycles. The minimum atomic E-state index is -0.428. The fourth-order valence-corrected chi connectivity index (χ4v) is 2.13. The van der Waals surface area contributed by atoms with E-state index in [2.05, 4.69) is 27.7 Å². The van der Waals surface area contributed by atoms with Gasteiger partial charge >= 0.3 is 0 Å². The Morgan fingerprint density at radius 3 is 2.10 bits per heavy atom. The minimum absolute atomic E-state index is 0.155. The van der Waals surface area contributed by atoms with Gasteiger partial charge in [0.25, 0.3) is 5.91 Å². The Morgan fingerprint density at radius 1 is 1.20 bits per heavy atom. The first-order chi connectivity index (χ1) is 9.22. The molecule has 4 heteroatoms. The summed E-state index contributed by atoms with van der Waals surface area (Å²) in [5.74, 6) is 0.149. The van der Waals surface area contributed by atoms with E-state index in [1.165, 1.54) is 6.07 Å². The third-order valence-electron chi connectivity index (χ3n) is 3.09. The molecule has 0 aliphatic carbocycles. The van der Waals surface area contributed by atoms with Crippen LogP contribution in [0.5, 0.6) is 0 Å². The number of hydrogen-bond acceptors (Lipinski definition) is 2. The van der Waals surface area contributed by atoms with Gasteiger partial charge in [-0.2, -0.15) is 0 Å². The number of nitrogens with two attached hydrogens (primary N) is 1. The van der Waals surface area contributed by atoms with Crippen molar-refractivity contribution in [2.24, 2.45) is 11.8 Å². The number of anilines is 1. The first-order valence-electron chi connectivity index (χ1n) is 7.07. The van der Waals surface area contributed by atoms with E-state index in [1.54, 1.807) is 17.9 Å². The lowest BCUT2D eigenvalue weighted by Crippen LogP contribution is -2.37. The molecule has 1 amide bonds. The molecule has 0 spiro atoms. The van der Waals surface area contributed by atoms with Crippen molar-refractivity contribution in [1.29, 1.82) is 0 Å². The molecule has 20 heavy (non-hydrogen) atoms. The highest BCUT2D eigenvalue weighted by Crippen LogP contribution is 2.19. The van der Waals surface area contributed by atoms with E-state index in [1.807, 2.05) is 0 Å². The number of carbonyl (C=O) groups is 1. The summed E-state index contributed by atoms with van der Waals surface area (Å²) in [5, 5.41) is 0. The Bertz CT molecular complexity index is 450. The quantitative estimate of drug-likeness (QED) is 0.839. The number of hydrogen-bond donors (Lipinski definition) is 1. The zero-order valence-electron chi connectivity index (χ0n) is 13.0. The molecule has 0 saturated carbocycles. The van der Waals surface area contributed by atoms with Crippen molar-refractivity contribution in [2.45, 2.75) is 34.6 Å². The van der Waals surface area contributed by atoms with E-state index in [9.17, 15) is 9.18 Å². The van der Waals surface area contributed by atoms with Crippen molar-refractivity contribution in [3.05, 3.63) is 29.1 Å². The van der Waals surface area contributed by atoms with Gasteiger partial charge in [0, 0.05) is 29.9 Å². The van der Waals surface area contributed by atoms with Crippen molar-refractivity contribution < 1.29 is 9.18 Å². The minimum Gasteiger partial charge on any atom is -0.398 e. The van der Waals surface area contributed by atoms with E-state index in [0.717, 1.165) is 0 Å². The normalized spacial score (nSPS) is 11.2. The lowest BCUT2D eigenvalue weighted by Gasteiger charge is -2.26. The Labute approximate surface area is 121 Å². The number of carbonyl (C=O) groups excluding carboxylic acids is 1. The first-order valence-corrected chi connectivity index (χ1v) is 7.07. The third-order valence-corrected chi connectivity index (χ3v) is 3.09. The number of benzene rings is 1. The highest BCUT2D eigenvalue weighted by molar-refractivity contribution is 5.95. The van der Waals surface area contributed by atoms with Gasteiger partial charge in [0.15, 0.2) is 0 Å². The van der Waals surface area contributed by atoms with E-state index < -0.39 is 5.82 Å². The second-order valence-corrected chi connectivity index (χ2v) is 6.17. The summed E-state index contributed by atoms with van der Waals surface area (Å²) in [6.07, 6.45) is 0. The molecule has 0 aliphatic rings. The Balaban J connectivity index is 3.05. The Hall–Kier alpha value is -1.58.